The van der Waals surface area contributed by atoms with Crippen LogP contribution in [0.3, 0.4) is 0 Å². The number of hydrogen-bond acceptors (Lipinski definition) is 19. The van der Waals surface area contributed by atoms with Gasteiger partial charge in [-0.15, -0.1) is 0 Å². The predicted octanol–water partition coefficient (Wildman–Crippen LogP) is 3.86. The zero-order chi connectivity index (χ0) is 70.9. The second-order valence-electron chi connectivity index (χ2n) is 25.0. The van der Waals surface area contributed by atoms with Gasteiger partial charge in [0.1, 0.15) is 71.7 Å². The first kappa shape index (κ1) is 73.4. The van der Waals surface area contributed by atoms with Crippen molar-refractivity contribution in [3.63, 3.8) is 0 Å². The number of allylic oxidation sites excluding steroid dienone is 2. The number of piperidine rings is 1. The van der Waals surface area contributed by atoms with Gasteiger partial charge in [0.05, 0.1) is 12.5 Å². The normalized spacial score (nSPS) is 26.7. The van der Waals surface area contributed by atoms with E-state index < -0.39 is 119 Å². The van der Waals surface area contributed by atoms with E-state index in [0.717, 1.165) is 17.4 Å². The number of cyclic esters (lactones) is 2. The molecular formula is C71H84N10O17. The first-order valence-corrected chi connectivity index (χ1v) is 32.8. The molecule has 27 nitrogen and oxygen atoms in total. The number of likely N-dealkylation sites (N-methyl/N-ethyl adjacent to an activating group) is 1. The van der Waals surface area contributed by atoms with Crippen LogP contribution in [-0.2, 0) is 70.3 Å². The second kappa shape index (κ2) is 34.0. The Balaban J connectivity index is 0.000000277. The molecule has 520 valence electrons. The Morgan fingerprint density at radius 1 is 0.806 bits per heavy atom. The number of carbonyl (C=O) groups is 12. The number of ether oxygens (including phenoxy) is 2. The van der Waals surface area contributed by atoms with Crippen LogP contribution in [0.15, 0.2) is 137 Å². The zero-order valence-electron chi connectivity index (χ0n) is 55.8. The summed E-state index contributed by atoms with van der Waals surface area (Å²) in [7, 11) is 1.47. The number of hydrogen-bond donors (Lipinski definition) is 6. The van der Waals surface area contributed by atoms with E-state index in [1.165, 1.54) is 58.0 Å². The summed E-state index contributed by atoms with van der Waals surface area (Å²) in [5, 5.41) is 31.2. The number of aliphatic hydroxyl groups excluding tert-OH is 1. The minimum Gasteiger partial charge on any atom is -0.505 e. The van der Waals surface area contributed by atoms with E-state index in [1.54, 1.807) is 98.8 Å². The van der Waals surface area contributed by atoms with Gasteiger partial charge in [0.25, 0.3) is 11.8 Å². The third-order valence-electron chi connectivity index (χ3n) is 17.4. The van der Waals surface area contributed by atoms with Crippen LogP contribution < -0.4 is 21.3 Å². The highest BCUT2D eigenvalue weighted by Crippen LogP contribution is 2.29. The number of Topliss-reactive ketones (excluding diaryl/α,β-unsaturated/α-hetero) is 2. The molecule has 0 aliphatic carbocycles. The number of nitrogens with zero attached hydrogens (tertiary/aromatic N) is 6. The van der Waals surface area contributed by atoms with E-state index in [1.807, 2.05) is 26.8 Å². The van der Waals surface area contributed by atoms with Gasteiger partial charge in [0.2, 0.25) is 41.3 Å². The number of carbonyl (C=O) groups excluding carboxylic acids is 12. The Morgan fingerprint density at radius 3 is 2.22 bits per heavy atom. The summed E-state index contributed by atoms with van der Waals surface area (Å²) in [6.07, 6.45) is 9.72. The minimum absolute atomic E-state index is 0.0315. The van der Waals surface area contributed by atoms with E-state index in [-0.39, 0.29) is 123 Å². The molecule has 3 saturated heterocycles. The molecule has 2 bridgehead atoms. The standard InChI is InChI=1S/C43H49N7O10.C28H35N3O7/c1-4-29-40(56)49-21-12-17-30(49)41(57)48(3)32(23-26-13-7-5-8-14-26)42(58)50-22-19-28(51)24-31(50)37(53)47-35(27-15-9-6-10-16-27)43(59)60-25(2)34(38(54)45-29)46-39(55)36-33(52)18-11-20-44-36;1-17(2)26-19(4)9-10-24(34)29-11-5-7-18(3)13-20(32)14-21(33)15-25-30-22(16-37-25)27(35)31-12-6-8-23(31)28(36)38-26/h5-11,13-16,18,20,25,29-32,34-35,52H,4,12,17,19,21-24H2,1-3H3,(H,45,54)(H,46,55)(H,47,53);5,7-10,13,16-17,19-20,26,32H,6,11-12,14-15H2,1-4H3,(H,29,34)/b;7-5-,10-9+,18-13+/t25-,29-,30+,31+,32+,34+,35+;19-,20-,26-/m11/s1. The molecule has 6 N–H and O–H groups in total. The van der Waals surface area contributed by atoms with Crippen molar-refractivity contribution in [2.45, 2.75) is 154 Å². The number of esters is 2. The number of rotatable bonds is 7. The average molecular weight is 1350 g/mol. The lowest BCUT2D eigenvalue weighted by Gasteiger charge is -2.40. The maximum absolute atomic E-state index is 14.8. The highest BCUT2D eigenvalue weighted by atomic mass is 16.6. The Labute approximate surface area is 567 Å². The maximum atomic E-state index is 14.8. The maximum Gasteiger partial charge on any atom is 0.355 e. The van der Waals surface area contributed by atoms with Crippen molar-refractivity contribution in [2.75, 3.05) is 33.2 Å². The summed E-state index contributed by atoms with van der Waals surface area (Å²) in [6.45, 7) is 11.0. The molecule has 0 spiro atoms. The van der Waals surface area contributed by atoms with Crippen molar-refractivity contribution in [3.8, 4) is 5.75 Å². The van der Waals surface area contributed by atoms with Crippen molar-refractivity contribution >= 4 is 70.8 Å². The Kier molecular flexibility index (Phi) is 25.4. The van der Waals surface area contributed by atoms with Crippen molar-refractivity contribution in [3.05, 3.63) is 161 Å². The van der Waals surface area contributed by atoms with E-state index in [4.69, 9.17) is 13.9 Å². The summed E-state index contributed by atoms with van der Waals surface area (Å²) in [6, 6.07) is 11.7. The van der Waals surface area contributed by atoms with E-state index in [9.17, 15) is 67.7 Å². The van der Waals surface area contributed by atoms with Gasteiger partial charge < -0.3 is 65.0 Å². The third-order valence-corrected chi connectivity index (χ3v) is 17.4. The third kappa shape index (κ3) is 18.8. The largest absolute Gasteiger partial charge is 0.505 e. The van der Waals surface area contributed by atoms with Gasteiger partial charge in [-0.05, 0) is 74.8 Å². The van der Waals surface area contributed by atoms with Gasteiger partial charge in [0, 0.05) is 71.0 Å². The van der Waals surface area contributed by atoms with Crippen LogP contribution in [0.4, 0.5) is 0 Å². The summed E-state index contributed by atoms with van der Waals surface area (Å²) in [5.74, 6) is -8.36. The fraction of sp³-hybridized carbons (Fsp3) is 0.437. The second-order valence-corrected chi connectivity index (χ2v) is 25.0. The molecule has 5 aliphatic rings. The first-order valence-electron chi connectivity index (χ1n) is 32.8. The van der Waals surface area contributed by atoms with Gasteiger partial charge in [0.15, 0.2) is 17.4 Å². The summed E-state index contributed by atoms with van der Waals surface area (Å²) >= 11 is 0. The van der Waals surface area contributed by atoms with Gasteiger partial charge >= 0.3 is 11.9 Å². The number of oxazole rings is 1. The number of aliphatic hydroxyl groups is 1. The fourth-order valence-electron chi connectivity index (χ4n) is 12.2. The molecule has 0 unspecified atom stereocenters. The number of pyridine rings is 1. The number of aromatic nitrogens is 2. The number of benzene rings is 2. The molecule has 9 rings (SSSR count). The molecule has 0 saturated carbocycles. The Hall–Kier alpha value is -10.4. The van der Waals surface area contributed by atoms with Gasteiger partial charge in [-0.25, -0.2) is 19.6 Å². The van der Waals surface area contributed by atoms with Crippen LogP contribution >= 0.6 is 0 Å². The molecule has 2 aromatic carbocycles. The average Bonchev–Trinajstić information content (AvgIpc) is 1.08. The molecule has 8 amide bonds. The van der Waals surface area contributed by atoms with Crippen LogP contribution in [0.1, 0.15) is 131 Å². The monoisotopic (exact) mass is 1350 g/mol. The molecule has 27 heteroatoms. The van der Waals surface area contributed by atoms with Crippen molar-refractivity contribution in [1.82, 2.24) is 50.8 Å². The van der Waals surface area contributed by atoms with Crippen molar-refractivity contribution in [2.24, 2.45) is 11.8 Å². The number of aromatic hydroxyl groups is 1. The molecule has 7 heterocycles. The van der Waals surface area contributed by atoms with Crippen LogP contribution in [0.25, 0.3) is 0 Å². The Morgan fingerprint density at radius 2 is 1.52 bits per heavy atom. The zero-order valence-corrected chi connectivity index (χ0v) is 55.8. The number of fused-ring (bicyclic) bond motifs is 5. The smallest absolute Gasteiger partial charge is 0.355 e. The molecule has 4 aromatic rings. The van der Waals surface area contributed by atoms with E-state index in [2.05, 4.69) is 31.2 Å². The Bertz CT molecular complexity index is 3750. The van der Waals surface area contributed by atoms with Gasteiger partial charge in [-0.1, -0.05) is 124 Å². The highest BCUT2D eigenvalue weighted by Gasteiger charge is 2.46. The molecule has 5 aliphatic heterocycles. The SMILES string of the molecule is CC1=C\[C@@H](O)CC(=O)Cc2nc(co2)C(=O)N2CCC=C2C(=O)O[C@H](C(C)C)[C@H](C)/C=C/C(=O)NC/C=C\1.CC[C@H]1NC(=O)[C@@H](NC(=O)c2ncccc2O)[C@@H](C)OC(=O)[C@H](c2ccccc2)NC(=O)[C@@H]2CC(=O)CCN2C(=O)[C@H](Cc2ccccc2)N(C)C(=O)[C@@H]2CCCN2C1=O. The first-order chi connectivity index (χ1) is 46.8. The summed E-state index contributed by atoms with van der Waals surface area (Å²) in [5.41, 5.74) is 1.37. The lowest BCUT2D eigenvalue weighted by Crippen LogP contribution is -2.61. The number of nitrogens with one attached hydrogen (secondary N) is 4. The van der Waals surface area contributed by atoms with Crippen molar-refractivity contribution < 1.29 is 81.6 Å². The van der Waals surface area contributed by atoms with E-state index in [0.29, 0.717) is 12.8 Å². The minimum atomic E-state index is -1.68. The van der Waals surface area contributed by atoms with Crippen LogP contribution in [0.2, 0.25) is 0 Å². The van der Waals surface area contributed by atoms with Crippen LogP contribution in [-0.4, -0.2) is 192 Å². The van der Waals surface area contributed by atoms with Crippen molar-refractivity contribution in [1.29, 1.82) is 0 Å². The van der Waals surface area contributed by atoms with Gasteiger partial charge in [-0.2, -0.15) is 0 Å². The highest BCUT2D eigenvalue weighted by molar-refractivity contribution is 6.02. The molecule has 3 fully saturated rings. The lowest BCUT2D eigenvalue weighted by atomic mass is 9.94. The van der Waals surface area contributed by atoms with Crippen LogP contribution in [0, 0.1) is 11.8 Å². The lowest BCUT2D eigenvalue weighted by molar-refractivity contribution is -0.157. The summed E-state index contributed by atoms with van der Waals surface area (Å²) < 4.78 is 17.0. The van der Waals surface area contributed by atoms with E-state index >= 15 is 0 Å². The molecule has 10 atom stereocenters. The molecular weight excluding hydrogens is 1260 g/mol. The molecule has 98 heavy (non-hydrogen) atoms. The molecule has 2 aromatic heterocycles. The quantitative estimate of drug-likeness (QED) is 0.143. The topological polar surface area (TPSA) is 364 Å². The predicted molar refractivity (Wildman–Crippen MR) is 352 cm³/mol. The number of amides is 8. The van der Waals surface area contributed by atoms with Crippen LogP contribution in [0.5, 0.6) is 5.75 Å². The molecule has 0 radical (unpaired) electrons. The number of ketones is 2. The summed E-state index contributed by atoms with van der Waals surface area (Å²) in [4.78, 5) is 177. The fourth-order valence-corrected chi connectivity index (χ4v) is 12.2. The van der Waals surface area contributed by atoms with Gasteiger partial charge in [-0.3, -0.25) is 47.9 Å².